The van der Waals surface area contributed by atoms with Gasteiger partial charge in [0.05, 0.1) is 18.2 Å². The molecule has 0 radical (unpaired) electrons. The molecular weight excluding hydrogens is 749 g/mol. The average molecular weight is 815 g/mol. The molecule has 0 aromatic heterocycles. The van der Waals surface area contributed by atoms with E-state index in [1.54, 1.807) is 0 Å². The Morgan fingerprint density at radius 1 is 1.14 bits per heavy atom. The molecule has 7 fully saturated rings. The number of aliphatic hydroxyl groups excluding tert-OH is 1. The van der Waals surface area contributed by atoms with Gasteiger partial charge in [0.2, 0.25) is 5.91 Å². The monoisotopic (exact) mass is 814 g/mol. The molecule has 5 aliphatic heterocycles. The summed E-state index contributed by atoms with van der Waals surface area (Å²) < 4.78 is 20.8. The molecule has 1 amide bonds. The SMILES string of the molecule is CC=C(C)C(=O)O[C@@]1(C)CC=C2CSSC[C@H]3[C@@H](CNC)CN3C(=O)CC3CNC(N)CC3[C@H]2[C@@]12CC1CC3CC(C4(CCO)CCCC4)C(=O)OC3CC1O2. The first-order valence-electron chi connectivity index (χ1n) is 21.7. The third-order valence-electron chi connectivity index (χ3n) is 16.1. The number of ether oxygens (including phenoxy) is 3. The van der Waals surface area contributed by atoms with Gasteiger partial charge in [0, 0.05) is 80.5 Å². The maximum atomic E-state index is 14.2. The lowest BCUT2D eigenvalue weighted by atomic mass is 9.56. The number of aliphatic hydroxyl groups is 1. The van der Waals surface area contributed by atoms with Gasteiger partial charge < -0.3 is 40.6 Å². The van der Waals surface area contributed by atoms with Gasteiger partial charge in [0.25, 0.3) is 0 Å². The number of fused-ring (bicyclic) bond motifs is 7. The molecule has 8 rings (SSSR count). The average Bonchev–Trinajstić information content (AvgIpc) is 3.79. The molecule has 5 heterocycles. The second-order valence-electron chi connectivity index (χ2n) is 19.0. The normalized spacial score (nSPS) is 43.8. The van der Waals surface area contributed by atoms with Crippen LogP contribution in [-0.2, 0) is 28.6 Å². The van der Waals surface area contributed by atoms with Crippen LogP contribution in [0.1, 0.15) is 97.8 Å². The summed E-state index contributed by atoms with van der Waals surface area (Å²) in [7, 11) is 5.72. The van der Waals surface area contributed by atoms with Crippen molar-refractivity contribution in [3.05, 3.63) is 23.3 Å². The lowest BCUT2D eigenvalue weighted by molar-refractivity contribution is -0.230. The Balaban J connectivity index is 1.15. The van der Waals surface area contributed by atoms with Gasteiger partial charge in [-0.2, -0.15) is 0 Å². The van der Waals surface area contributed by atoms with E-state index in [9.17, 15) is 19.5 Å². The lowest BCUT2D eigenvalue weighted by Gasteiger charge is -2.57. The number of piperidine rings is 1. The largest absolute Gasteiger partial charge is 0.462 e. The fourth-order valence-electron chi connectivity index (χ4n) is 12.9. The summed E-state index contributed by atoms with van der Waals surface area (Å²) in [5.41, 5.74) is 6.68. The van der Waals surface area contributed by atoms with Crippen LogP contribution in [0.4, 0.5) is 0 Å². The van der Waals surface area contributed by atoms with Gasteiger partial charge in [0.15, 0.2) is 0 Å². The number of carbonyl (C=O) groups is 3. The highest BCUT2D eigenvalue weighted by atomic mass is 33.1. The highest BCUT2D eigenvalue weighted by Crippen LogP contribution is 2.63. The van der Waals surface area contributed by atoms with Crippen molar-refractivity contribution >= 4 is 39.4 Å². The first kappa shape index (κ1) is 41.1. The van der Waals surface area contributed by atoms with E-state index < -0.39 is 11.2 Å². The molecule has 1 spiro atoms. The maximum absolute atomic E-state index is 14.2. The van der Waals surface area contributed by atoms with Gasteiger partial charge in [-0.3, -0.25) is 9.59 Å². The van der Waals surface area contributed by atoms with Crippen LogP contribution in [0, 0.1) is 46.8 Å². The predicted octanol–water partition coefficient (Wildman–Crippen LogP) is 4.97. The number of carbonyl (C=O) groups excluding carboxylic acids is 3. The van der Waals surface area contributed by atoms with E-state index in [1.165, 1.54) is 5.57 Å². The minimum Gasteiger partial charge on any atom is -0.462 e. The molecule has 8 unspecified atom stereocenters. The summed E-state index contributed by atoms with van der Waals surface area (Å²) in [6.07, 6.45) is 13.1. The molecule has 5 N–H and O–H groups in total. The van der Waals surface area contributed by atoms with E-state index in [4.69, 9.17) is 19.9 Å². The highest BCUT2D eigenvalue weighted by molar-refractivity contribution is 8.76. The second-order valence-corrected chi connectivity index (χ2v) is 21.5. The number of hydrogen-bond donors (Lipinski definition) is 4. The van der Waals surface area contributed by atoms with E-state index in [0.29, 0.717) is 50.1 Å². The number of nitrogens with zero attached hydrogens (tertiary/aromatic N) is 1. The Morgan fingerprint density at radius 3 is 2.70 bits per heavy atom. The van der Waals surface area contributed by atoms with Crippen molar-refractivity contribution in [3.8, 4) is 0 Å². The number of nitrogens with one attached hydrogen (secondary N) is 2. The summed E-state index contributed by atoms with van der Waals surface area (Å²) >= 11 is 0. The van der Waals surface area contributed by atoms with Crippen molar-refractivity contribution in [1.82, 2.24) is 15.5 Å². The number of hydrogen-bond acceptors (Lipinski definition) is 12. The van der Waals surface area contributed by atoms with Crippen molar-refractivity contribution in [2.24, 2.45) is 52.6 Å². The standard InChI is InChI=1S/C43H66N4O7S2/c1-5-25(2)39(50)54-41(3)11-8-26-23-55-56-24-33-30(20-45-4)22-47(33)37(49)16-29-21-46-36(44)17-31(29)38(26)43(41)19-28-14-27-15-32(42(12-13-48)9-6-7-10-42)40(51)52-34(27)18-35(28)53-43/h5,8,27-36,38,45-46,48H,6-7,9-24,44H2,1-4H3/t27?,28?,29?,30-,31?,32?,33-,34?,35?,36?,38-,41-,43-/m0/s1. The van der Waals surface area contributed by atoms with Gasteiger partial charge in [-0.15, -0.1) is 0 Å². The number of amides is 1. The molecule has 312 valence electrons. The molecule has 56 heavy (non-hydrogen) atoms. The number of allylic oxidation sites excluding steroid dienone is 1. The fraction of sp³-hybridized carbons (Fsp3) is 0.837. The van der Waals surface area contributed by atoms with Crippen LogP contribution in [0.3, 0.4) is 0 Å². The predicted molar refractivity (Wildman–Crippen MR) is 219 cm³/mol. The quantitative estimate of drug-likeness (QED) is 0.119. The van der Waals surface area contributed by atoms with Crippen LogP contribution < -0.4 is 16.4 Å². The van der Waals surface area contributed by atoms with Crippen LogP contribution in [0.2, 0.25) is 0 Å². The Kier molecular flexibility index (Phi) is 12.1. The van der Waals surface area contributed by atoms with Crippen molar-refractivity contribution in [3.63, 3.8) is 0 Å². The lowest BCUT2D eigenvalue weighted by Crippen LogP contribution is -2.66. The van der Waals surface area contributed by atoms with E-state index in [2.05, 4.69) is 28.5 Å². The molecule has 5 saturated heterocycles. The Labute approximate surface area is 341 Å². The Bertz CT molecular complexity index is 1570. The molecule has 0 aromatic carbocycles. The van der Waals surface area contributed by atoms with Crippen molar-refractivity contribution in [2.45, 2.75) is 133 Å². The van der Waals surface area contributed by atoms with E-state index in [-0.39, 0.29) is 89.8 Å². The molecule has 8 aliphatic rings. The maximum Gasteiger partial charge on any atom is 0.334 e. The summed E-state index contributed by atoms with van der Waals surface area (Å²) in [6.45, 7) is 8.21. The summed E-state index contributed by atoms with van der Waals surface area (Å²) in [5.74, 6) is 2.18. The molecular formula is C43H66N4O7S2. The van der Waals surface area contributed by atoms with E-state index in [0.717, 1.165) is 69.5 Å². The zero-order valence-corrected chi connectivity index (χ0v) is 35.6. The van der Waals surface area contributed by atoms with Crippen LogP contribution >= 0.6 is 21.6 Å². The number of nitrogens with two attached hydrogens (primary N) is 1. The second kappa shape index (κ2) is 16.4. The van der Waals surface area contributed by atoms with Crippen LogP contribution in [0.15, 0.2) is 23.3 Å². The molecule has 11 nitrogen and oxygen atoms in total. The van der Waals surface area contributed by atoms with E-state index in [1.807, 2.05) is 48.6 Å². The van der Waals surface area contributed by atoms with Crippen molar-refractivity contribution in [1.29, 1.82) is 0 Å². The summed E-state index contributed by atoms with van der Waals surface area (Å²) in [5, 5.41) is 17.0. The molecule has 13 heteroatoms. The minimum absolute atomic E-state index is 0.0331. The highest BCUT2D eigenvalue weighted by Gasteiger charge is 2.68. The zero-order chi connectivity index (χ0) is 39.4. The van der Waals surface area contributed by atoms with Gasteiger partial charge in [-0.05, 0) is 102 Å². The van der Waals surface area contributed by atoms with E-state index >= 15 is 0 Å². The molecule has 0 aromatic rings. The third-order valence-corrected chi connectivity index (χ3v) is 18.4. The first-order chi connectivity index (χ1) is 26.9. The van der Waals surface area contributed by atoms with Gasteiger partial charge in [0.1, 0.15) is 17.3 Å². The zero-order valence-electron chi connectivity index (χ0n) is 34.0. The van der Waals surface area contributed by atoms with Crippen molar-refractivity contribution < 1.29 is 33.7 Å². The Hall–Kier alpha value is -1.61. The molecule has 3 aliphatic carbocycles. The smallest absolute Gasteiger partial charge is 0.334 e. The first-order valence-corrected chi connectivity index (χ1v) is 24.2. The van der Waals surface area contributed by atoms with Gasteiger partial charge in [-0.1, -0.05) is 52.2 Å². The number of rotatable bonds is 7. The van der Waals surface area contributed by atoms with Gasteiger partial charge in [-0.25, -0.2) is 4.79 Å². The van der Waals surface area contributed by atoms with Crippen LogP contribution in [0.5, 0.6) is 0 Å². The summed E-state index contributed by atoms with van der Waals surface area (Å²) in [6, 6.07) is 0.231. The topological polar surface area (TPSA) is 152 Å². The van der Waals surface area contributed by atoms with Crippen LogP contribution in [-0.4, -0.2) is 108 Å². The van der Waals surface area contributed by atoms with Crippen molar-refractivity contribution in [2.75, 3.05) is 44.8 Å². The van der Waals surface area contributed by atoms with Gasteiger partial charge >= 0.3 is 11.9 Å². The summed E-state index contributed by atoms with van der Waals surface area (Å²) in [4.78, 5) is 44.0. The molecule has 0 bridgehead atoms. The minimum atomic E-state index is -0.972. The third kappa shape index (κ3) is 7.22. The number of esters is 2. The molecule has 13 atom stereocenters. The molecule has 2 saturated carbocycles. The Morgan fingerprint density at radius 2 is 1.95 bits per heavy atom. The van der Waals surface area contributed by atoms with Crippen LogP contribution in [0.25, 0.3) is 0 Å². The fourth-order valence-corrected chi connectivity index (χ4v) is 15.5.